The third kappa shape index (κ3) is 2.49. The molecule has 0 aliphatic rings. The van der Waals surface area contributed by atoms with Crippen LogP contribution in [0.25, 0.3) is 10.8 Å². The van der Waals surface area contributed by atoms with E-state index in [4.69, 9.17) is 4.74 Å². The van der Waals surface area contributed by atoms with Crippen molar-refractivity contribution in [2.45, 2.75) is 0 Å². The van der Waals surface area contributed by atoms with E-state index in [1.807, 2.05) is 24.3 Å². The standard InChI is InChI=1S/C11H10O2.K/c1-13-11-5-3-8-2-4-10(12)6-9(8)7-11;/h2-7,12H,1H3;. The molecule has 0 unspecified atom stereocenters. The first-order valence-electron chi connectivity index (χ1n) is 4.06. The van der Waals surface area contributed by atoms with Crippen molar-refractivity contribution >= 4 is 62.2 Å². The Hall–Kier alpha value is -0.0636. The molecule has 14 heavy (non-hydrogen) atoms. The minimum Gasteiger partial charge on any atom is -0.508 e. The smallest absolute Gasteiger partial charge is 0.119 e. The van der Waals surface area contributed by atoms with Gasteiger partial charge in [-0.05, 0) is 35.0 Å². The third-order valence-electron chi connectivity index (χ3n) is 2.03. The largest absolute Gasteiger partial charge is 0.508 e. The first-order valence-corrected chi connectivity index (χ1v) is 4.06. The quantitative estimate of drug-likeness (QED) is 0.736. The predicted molar refractivity (Wildman–Crippen MR) is 57.9 cm³/mol. The van der Waals surface area contributed by atoms with Crippen LogP contribution in [0.5, 0.6) is 11.5 Å². The summed E-state index contributed by atoms with van der Waals surface area (Å²) in [5, 5.41) is 11.3. The van der Waals surface area contributed by atoms with Crippen molar-refractivity contribution in [3.63, 3.8) is 0 Å². The molecule has 2 aromatic rings. The van der Waals surface area contributed by atoms with Crippen LogP contribution in [0.1, 0.15) is 0 Å². The van der Waals surface area contributed by atoms with Gasteiger partial charge >= 0.3 is 0 Å². The van der Waals surface area contributed by atoms with E-state index >= 15 is 0 Å². The number of rotatable bonds is 1. The molecule has 0 atom stereocenters. The van der Waals surface area contributed by atoms with Gasteiger partial charge in [0, 0.05) is 51.4 Å². The van der Waals surface area contributed by atoms with Gasteiger partial charge in [0.05, 0.1) is 7.11 Å². The molecule has 0 amide bonds. The van der Waals surface area contributed by atoms with E-state index < -0.39 is 0 Å². The Bertz CT molecular complexity index is 440. The molecule has 1 radical (unpaired) electrons. The Labute approximate surface area is 125 Å². The van der Waals surface area contributed by atoms with Gasteiger partial charge in [0.25, 0.3) is 0 Å². The van der Waals surface area contributed by atoms with Gasteiger partial charge in [0.1, 0.15) is 11.5 Å². The molecule has 2 nitrogen and oxygen atoms in total. The van der Waals surface area contributed by atoms with Crippen molar-refractivity contribution < 1.29 is 9.84 Å². The van der Waals surface area contributed by atoms with E-state index in [0.717, 1.165) is 16.5 Å². The average molecular weight is 213 g/mol. The Morgan fingerprint density at radius 2 is 1.71 bits per heavy atom. The van der Waals surface area contributed by atoms with Gasteiger partial charge in [-0.15, -0.1) is 0 Å². The Kier molecular flexibility index (Phi) is 4.41. The Morgan fingerprint density at radius 1 is 1.00 bits per heavy atom. The number of phenolic OH excluding ortho intramolecular Hbond substituents is 1. The molecular formula is C11H10KO2. The zero-order valence-corrected chi connectivity index (χ0v) is 11.4. The number of benzene rings is 2. The summed E-state index contributed by atoms with van der Waals surface area (Å²) in [6.07, 6.45) is 0. The van der Waals surface area contributed by atoms with Gasteiger partial charge in [-0.25, -0.2) is 0 Å². The van der Waals surface area contributed by atoms with Crippen LogP contribution >= 0.6 is 0 Å². The maximum absolute atomic E-state index is 9.25. The molecule has 1 N–H and O–H groups in total. The second-order valence-corrected chi connectivity index (χ2v) is 2.90. The normalized spacial score (nSPS) is 9.50. The third-order valence-corrected chi connectivity index (χ3v) is 2.03. The first-order chi connectivity index (χ1) is 6.29. The molecule has 0 spiro atoms. The summed E-state index contributed by atoms with van der Waals surface area (Å²) < 4.78 is 5.08. The summed E-state index contributed by atoms with van der Waals surface area (Å²) in [6, 6.07) is 11.0. The minimum absolute atomic E-state index is 0. The number of ether oxygens (including phenoxy) is 1. The molecule has 2 aromatic carbocycles. The number of fused-ring (bicyclic) bond motifs is 1. The number of aromatic hydroxyl groups is 1. The van der Waals surface area contributed by atoms with Gasteiger partial charge < -0.3 is 9.84 Å². The van der Waals surface area contributed by atoms with Crippen LogP contribution in [0.2, 0.25) is 0 Å². The average Bonchev–Trinajstić information content (AvgIpc) is 2.16. The van der Waals surface area contributed by atoms with Crippen LogP contribution in [0.15, 0.2) is 36.4 Å². The van der Waals surface area contributed by atoms with Gasteiger partial charge in [0.15, 0.2) is 0 Å². The van der Waals surface area contributed by atoms with Gasteiger partial charge in [-0.2, -0.15) is 0 Å². The van der Waals surface area contributed by atoms with E-state index in [1.165, 1.54) is 0 Å². The number of hydrogen-bond acceptors (Lipinski definition) is 2. The molecule has 0 heterocycles. The molecule has 0 saturated carbocycles. The molecule has 0 aliphatic heterocycles. The fourth-order valence-electron chi connectivity index (χ4n) is 1.34. The summed E-state index contributed by atoms with van der Waals surface area (Å²) in [6.45, 7) is 0. The van der Waals surface area contributed by atoms with E-state index in [1.54, 1.807) is 19.2 Å². The van der Waals surface area contributed by atoms with Crippen LogP contribution < -0.4 is 4.74 Å². The minimum atomic E-state index is 0. The van der Waals surface area contributed by atoms with Crippen LogP contribution in [-0.4, -0.2) is 63.6 Å². The topological polar surface area (TPSA) is 29.5 Å². The van der Waals surface area contributed by atoms with Gasteiger partial charge in [0.2, 0.25) is 0 Å². The molecule has 0 bridgehead atoms. The van der Waals surface area contributed by atoms with Crippen molar-refractivity contribution in [2.24, 2.45) is 0 Å². The van der Waals surface area contributed by atoms with Crippen LogP contribution in [0.3, 0.4) is 0 Å². The van der Waals surface area contributed by atoms with Gasteiger partial charge in [-0.3, -0.25) is 0 Å². The Balaban J connectivity index is 0.000000980. The zero-order chi connectivity index (χ0) is 9.26. The summed E-state index contributed by atoms with van der Waals surface area (Å²) >= 11 is 0. The summed E-state index contributed by atoms with van der Waals surface area (Å²) in [4.78, 5) is 0. The molecule has 0 aliphatic carbocycles. The summed E-state index contributed by atoms with van der Waals surface area (Å²) in [7, 11) is 1.63. The van der Waals surface area contributed by atoms with Crippen molar-refractivity contribution in [3.8, 4) is 11.5 Å². The maximum atomic E-state index is 9.25. The molecule has 0 aromatic heterocycles. The zero-order valence-electron chi connectivity index (χ0n) is 8.32. The van der Waals surface area contributed by atoms with E-state index in [0.29, 0.717) is 0 Å². The molecule has 2 rings (SSSR count). The molecule has 0 fully saturated rings. The summed E-state index contributed by atoms with van der Waals surface area (Å²) in [5.74, 6) is 1.08. The Morgan fingerprint density at radius 3 is 2.43 bits per heavy atom. The molecular weight excluding hydrogens is 203 g/mol. The monoisotopic (exact) mass is 213 g/mol. The maximum Gasteiger partial charge on any atom is 0.119 e. The van der Waals surface area contributed by atoms with Crippen LogP contribution in [0.4, 0.5) is 0 Å². The predicted octanol–water partition coefficient (Wildman–Crippen LogP) is 2.17. The van der Waals surface area contributed by atoms with Crippen molar-refractivity contribution in [1.29, 1.82) is 0 Å². The fraction of sp³-hybridized carbons (Fsp3) is 0.0909. The number of hydrogen-bond donors (Lipinski definition) is 1. The molecule has 3 heteroatoms. The number of phenols is 1. The molecule has 0 saturated heterocycles. The molecule has 67 valence electrons. The van der Waals surface area contributed by atoms with Crippen LogP contribution in [-0.2, 0) is 0 Å². The first kappa shape index (κ1) is 12.0. The second-order valence-electron chi connectivity index (χ2n) is 2.90. The second kappa shape index (κ2) is 5.14. The van der Waals surface area contributed by atoms with Crippen molar-refractivity contribution in [2.75, 3.05) is 7.11 Å². The van der Waals surface area contributed by atoms with Crippen LogP contribution in [0, 0.1) is 0 Å². The number of methoxy groups -OCH3 is 1. The van der Waals surface area contributed by atoms with Gasteiger partial charge in [-0.1, -0.05) is 12.1 Å². The van der Waals surface area contributed by atoms with E-state index in [2.05, 4.69) is 0 Å². The fourth-order valence-corrected chi connectivity index (χ4v) is 1.34. The van der Waals surface area contributed by atoms with Crippen molar-refractivity contribution in [1.82, 2.24) is 0 Å². The van der Waals surface area contributed by atoms with Crippen molar-refractivity contribution in [3.05, 3.63) is 36.4 Å². The SMILES string of the molecule is COc1ccc2ccc(O)cc2c1.[K]. The van der Waals surface area contributed by atoms with E-state index in [-0.39, 0.29) is 57.1 Å². The summed E-state index contributed by atoms with van der Waals surface area (Å²) in [5.41, 5.74) is 0. The van der Waals surface area contributed by atoms with E-state index in [9.17, 15) is 5.11 Å².